The first-order valence-electron chi connectivity index (χ1n) is 12.7. The molecule has 4 aromatic heterocycles. The van der Waals surface area contributed by atoms with Gasteiger partial charge >= 0.3 is 0 Å². The Bertz CT molecular complexity index is 846. The van der Waals surface area contributed by atoms with Crippen LogP contribution >= 0.6 is 0 Å². The largest absolute Gasteiger partial charge is 0.265 e. The van der Waals surface area contributed by atoms with Crippen LogP contribution in [0.5, 0.6) is 0 Å². The van der Waals surface area contributed by atoms with Gasteiger partial charge in [-0.25, -0.2) is 9.97 Å². The maximum Gasteiger partial charge on any atom is 0.130 e. The maximum absolute atomic E-state index is 4.18. The summed E-state index contributed by atoms with van der Waals surface area (Å²) in [6, 6.07) is 16.0. The van der Waals surface area contributed by atoms with Crippen molar-refractivity contribution in [1.29, 1.82) is 0 Å². The SMILES string of the molecule is CC(C)c1ccccn1.CC(C)c1cccnc1.CC(C)c1ccncc1.CC(C)c1ncccn1. The second kappa shape index (κ2) is 17.9. The monoisotopic (exact) mass is 485 g/mol. The predicted octanol–water partition coefficient (Wildman–Crippen LogP) is 8.22. The van der Waals surface area contributed by atoms with Gasteiger partial charge in [0.2, 0.25) is 0 Å². The highest BCUT2D eigenvalue weighted by Gasteiger charge is 1.98. The maximum atomic E-state index is 4.18. The zero-order chi connectivity index (χ0) is 26.8. The van der Waals surface area contributed by atoms with E-state index < -0.39 is 0 Å². The first-order chi connectivity index (χ1) is 17.2. The highest BCUT2D eigenvalue weighted by molar-refractivity contribution is 5.13. The lowest BCUT2D eigenvalue weighted by Crippen LogP contribution is -1.93. The quantitative estimate of drug-likeness (QED) is 0.291. The third kappa shape index (κ3) is 13.4. The Morgan fingerprint density at radius 1 is 0.444 bits per heavy atom. The van der Waals surface area contributed by atoms with Gasteiger partial charge in [0.1, 0.15) is 5.82 Å². The van der Waals surface area contributed by atoms with Crippen molar-refractivity contribution in [2.45, 2.75) is 79.1 Å². The number of nitrogens with zero attached hydrogens (tertiary/aromatic N) is 5. The Labute approximate surface area is 218 Å². The van der Waals surface area contributed by atoms with Crippen LogP contribution in [0.3, 0.4) is 0 Å². The molecule has 4 rings (SSSR count). The van der Waals surface area contributed by atoms with E-state index in [2.05, 4.69) is 86.4 Å². The van der Waals surface area contributed by atoms with Gasteiger partial charge in [0.05, 0.1) is 0 Å². The lowest BCUT2D eigenvalue weighted by Gasteiger charge is -2.01. The summed E-state index contributed by atoms with van der Waals surface area (Å²) in [6.07, 6.45) is 12.7. The van der Waals surface area contributed by atoms with Crippen molar-refractivity contribution in [3.8, 4) is 0 Å². The van der Waals surface area contributed by atoms with Gasteiger partial charge in [0.25, 0.3) is 0 Å². The first-order valence-corrected chi connectivity index (χ1v) is 12.7. The minimum atomic E-state index is 0.436. The first kappa shape index (κ1) is 30.6. The Morgan fingerprint density at radius 3 is 1.39 bits per heavy atom. The van der Waals surface area contributed by atoms with E-state index >= 15 is 0 Å². The molecular formula is C31H43N5. The van der Waals surface area contributed by atoms with Crippen LogP contribution in [0.2, 0.25) is 0 Å². The van der Waals surface area contributed by atoms with Crippen LogP contribution in [0.25, 0.3) is 0 Å². The van der Waals surface area contributed by atoms with Crippen molar-refractivity contribution in [2.75, 3.05) is 0 Å². The van der Waals surface area contributed by atoms with Crippen molar-refractivity contribution in [1.82, 2.24) is 24.9 Å². The lowest BCUT2D eigenvalue weighted by atomic mass is 10.1. The molecule has 4 heterocycles. The normalized spacial score (nSPS) is 10.1. The molecule has 0 saturated heterocycles. The van der Waals surface area contributed by atoms with Gasteiger partial charge in [0.15, 0.2) is 0 Å². The minimum Gasteiger partial charge on any atom is -0.265 e. The molecule has 0 saturated carbocycles. The molecule has 0 aliphatic carbocycles. The molecule has 0 aliphatic rings. The van der Waals surface area contributed by atoms with Gasteiger partial charge in [-0.1, -0.05) is 67.5 Å². The molecule has 0 N–H and O–H groups in total. The number of pyridine rings is 3. The molecule has 0 amide bonds. The van der Waals surface area contributed by atoms with E-state index in [0.717, 1.165) is 11.5 Å². The smallest absolute Gasteiger partial charge is 0.130 e. The third-order valence-corrected chi connectivity index (χ3v) is 5.11. The predicted molar refractivity (Wildman–Crippen MR) is 151 cm³/mol. The molecule has 0 atom stereocenters. The van der Waals surface area contributed by atoms with Crippen LogP contribution in [0.15, 0.2) is 91.9 Å². The molecule has 5 heteroatoms. The summed E-state index contributed by atoms with van der Waals surface area (Å²) >= 11 is 0. The van der Waals surface area contributed by atoms with Gasteiger partial charge in [-0.3, -0.25) is 15.0 Å². The molecule has 4 aromatic rings. The topological polar surface area (TPSA) is 64.5 Å². The highest BCUT2D eigenvalue weighted by Crippen LogP contribution is 2.11. The fourth-order valence-electron chi connectivity index (χ4n) is 2.79. The Hall–Kier alpha value is -3.47. The second-order valence-corrected chi connectivity index (χ2v) is 9.55. The van der Waals surface area contributed by atoms with Gasteiger partial charge in [-0.05, 0) is 65.3 Å². The molecule has 192 valence electrons. The minimum absolute atomic E-state index is 0.436. The van der Waals surface area contributed by atoms with E-state index in [9.17, 15) is 0 Å². The summed E-state index contributed by atoms with van der Waals surface area (Å²) in [5.74, 6) is 3.11. The third-order valence-electron chi connectivity index (χ3n) is 5.11. The molecule has 0 bridgehead atoms. The standard InChI is InChI=1S/3C8H11N.C7H10N2/c1-7(2)8-3-5-9-6-4-8;1-7(2)8-4-3-5-9-6-8;1-7(2)8-5-3-4-6-9-8;1-6(2)7-8-4-3-5-9-7/h3*3-7H,1-2H3;3-6H,1-2H3. The summed E-state index contributed by atoms with van der Waals surface area (Å²) in [7, 11) is 0. The number of rotatable bonds is 4. The Kier molecular flexibility index (Phi) is 15.2. The Balaban J connectivity index is 0.000000240. The van der Waals surface area contributed by atoms with E-state index in [-0.39, 0.29) is 0 Å². The molecule has 0 fully saturated rings. The van der Waals surface area contributed by atoms with Crippen LogP contribution < -0.4 is 0 Å². The summed E-state index contributed by atoms with van der Waals surface area (Å²) in [6.45, 7) is 17.1. The van der Waals surface area contributed by atoms with Crippen LogP contribution in [0, 0.1) is 0 Å². The molecule has 0 aliphatic heterocycles. The van der Waals surface area contributed by atoms with Gasteiger partial charge in [0, 0.05) is 55.0 Å². The zero-order valence-corrected chi connectivity index (χ0v) is 23.2. The average Bonchev–Trinajstić information content (AvgIpc) is 2.92. The van der Waals surface area contributed by atoms with Crippen molar-refractivity contribution < 1.29 is 0 Å². The van der Waals surface area contributed by atoms with Crippen molar-refractivity contribution in [3.63, 3.8) is 0 Å². The number of aromatic nitrogens is 5. The van der Waals surface area contributed by atoms with E-state index in [4.69, 9.17) is 0 Å². The van der Waals surface area contributed by atoms with E-state index in [0.29, 0.717) is 23.7 Å². The molecular weight excluding hydrogens is 442 g/mol. The summed E-state index contributed by atoms with van der Waals surface area (Å²) in [5.41, 5.74) is 3.82. The van der Waals surface area contributed by atoms with E-state index in [1.54, 1.807) is 18.6 Å². The van der Waals surface area contributed by atoms with E-state index in [1.807, 2.05) is 67.3 Å². The van der Waals surface area contributed by atoms with Gasteiger partial charge in [-0.2, -0.15) is 0 Å². The number of hydrogen-bond donors (Lipinski definition) is 0. The molecule has 0 radical (unpaired) electrons. The van der Waals surface area contributed by atoms with E-state index in [1.165, 1.54) is 11.1 Å². The van der Waals surface area contributed by atoms with Crippen LogP contribution in [-0.2, 0) is 0 Å². The molecule has 0 spiro atoms. The van der Waals surface area contributed by atoms with Crippen LogP contribution in [0.1, 0.15) is 102 Å². The average molecular weight is 486 g/mol. The van der Waals surface area contributed by atoms with Crippen LogP contribution in [0.4, 0.5) is 0 Å². The van der Waals surface area contributed by atoms with Crippen molar-refractivity contribution in [3.05, 3.63) is 115 Å². The summed E-state index contributed by atoms with van der Waals surface area (Å²) in [5, 5.41) is 0. The zero-order valence-electron chi connectivity index (χ0n) is 23.2. The second-order valence-electron chi connectivity index (χ2n) is 9.55. The molecule has 5 nitrogen and oxygen atoms in total. The Morgan fingerprint density at radius 2 is 1.06 bits per heavy atom. The molecule has 0 unspecified atom stereocenters. The molecule has 36 heavy (non-hydrogen) atoms. The van der Waals surface area contributed by atoms with Gasteiger partial charge < -0.3 is 0 Å². The summed E-state index contributed by atoms with van der Waals surface area (Å²) in [4.78, 5) is 20.2. The van der Waals surface area contributed by atoms with Gasteiger partial charge in [-0.15, -0.1) is 0 Å². The van der Waals surface area contributed by atoms with Crippen LogP contribution in [-0.4, -0.2) is 24.9 Å². The lowest BCUT2D eigenvalue weighted by molar-refractivity contribution is 0.774. The number of hydrogen-bond acceptors (Lipinski definition) is 5. The fraction of sp³-hybridized carbons (Fsp3) is 0.387. The van der Waals surface area contributed by atoms with Crippen molar-refractivity contribution in [2.24, 2.45) is 0 Å². The van der Waals surface area contributed by atoms with Crippen molar-refractivity contribution >= 4 is 0 Å². The summed E-state index contributed by atoms with van der Waals surface area (Å²) < 4.78 is 0. The fourth-order valence-corrected chi connectivity index (χ4v) is 2.79. The molecule has 0 aromatic carbocycles. The highest BCUT2D eigenvalue weighted by atomic mass is 14.9.